The molecule has 0 aliphatic heterocycles. The van der Waals surface area contributed by atoms with Crippen molar-refractivity contribution < 1.29 is 0 Å². The molecule has 0 amide bonds. The molecule has 0 saturated heterocycles. The number of fused-ring (bicyclic) bond motifs is 20. The van der Waals surface area contributed by atoms with E-state index in [4.69, 9.17) is 0 Å². The lowest BCUT2D eigenvalue weighted by molar-refractivity contribution is 0.793. The average Bonchev–Trinajstić information content (AvgIpc) is 4.11. The summed E-state index contributed by atoms with van der Waals surface area (Å²) in [7, 11) is 0. The van der Waals surface area contributed by atoms with E-state index in [9.17, 15) is 0 Å². The normalized spacial score (nSPS) is 13.1. The van der Waals surface area contributed by atoms with Gasteiger partial charge in [-0.05, 0) is 150 Å². The van der Waals surface area contributed by atoms with Crippen LogP contribution in [0.2, 0.25) is 0 Å². The van der Waals surface area contributed by atoms with Crippen LogP contribution >= 0.6 is 0 Å². The Kier molecular flexibility index (Phi) is 8.48. The first kappa shape index (κ1) is 41.5. The van der Waals surface area contributed by atoms with Crippen molar-refractivity contribution in [1.82, 2.24) is 9.13 Å². The summed E-state index contributed by atoms with van der Waals surface area (Å²) < 4.78 is 5.01. The minimum atomic E-state index is -0.505. The molecule has 0 saturated carbocycles. The SMILES string of the molecule is c1ccc2c(c1)-c1ccccc1C21c2ccccc2-c2ccc(N(c3cc(-n4c5ccccc5c5ccccc54)cc(-n4c5cc6ccccc6cc5c5c6ccccc6ccc54)c3)c3ccc4ccccc4c3)cc21. The van der Waals surface area contributed by atoms with Gasteiger partial charge in [0.2, 0.25) is 0 Å². The first-order chi connectivity index (χ1) is 37.7. The summed E-state index contributed by atoms with van der Waals surface area (Å²) in [4.78, 5) is 2.52. The van der Waals surface area contributed by atoms with E-state index in [1.165, 1.54) is 120 Å². The highest BCUT2D eigenvalue weighted by Crippen LogP contribution is 2.63. The van der Waals surface area contributed by atoms with E-state index in [2.05, 4.69) is 287 Å². The standard InChI is InChI=1S/C73H45N3/c1-2-19-48-39-51(35-33-46(48)17-1)74(52-36-37-60-59-25-9-14-30-66(59)73(67(60)45-52)64-28-12-7-23-57(64)58-24-8-13-29-65(58)73)53-42-54(75-68-31-15-10-26-61(68)62-27-11-16-32-69(62)75)44-55(43-53)76-70-38-34-47-18-5-6-22-56(47)72(70)63-40-49-20-3-4-21-50(49)41-71(63)76/h1-45H. The number of rotatable bonds is 5. The fraction of sp³-hybridized carbons (Fsp3) is 0.0137. The van der Waals surface area contributed by atoms with Gasteiger partial charge >= 0.3 is 0 Å². The Hall–Kier alpha value is -9.96. The van der Waals surface area contributed by atoms with Crippen LogP contribution in [0.5, 0.6) is 0 Å². The number of hydrogen-bond acceptors (Lipinski definition) is 1. The monoisotopic (exact) mass is 963 g/mol. The predicted octanol–water partition coefficient (Wildman–Crippen LogP) is 19.2. The molecule has 3 nitrogen and oxygen atoms in total. The van der Waals surface area contributed by atoms with E-state index in [1.807, 2.05) is 0 Å². The molecule has 0 unspecified atom stereocenters. The lowest BCUT2D eigenvalue weighted by Gasteiger charge is -2.32. The molecule has 2 heterocycles. The second-order valence-electron chi connectivity index (χ2n) is 20.8. The van der Waals surface area contributed by atoms with Gasteiger partial charge in [-0.1, -0.05) is 200 Å². The van der Waals surface area contributed by atoms with Gasteiger partial charge in [-0.25, -0.2) is 0 Å². The van der Waals surface area contributed by atoms with Crippen molar-refractivity contribution in [2.24, 2.45) is 0 Å². The van der Waals surface area contributed by atoms with Crippen molar-refractivity contribution in [2.75, 3.05) is 4.90 Å². The second kappa shape index (κ2) is 15.5. The van der Waals surface area contributed by atoms with Crippen LogP contribution in [0.4, 0.5) is 17.1 Å². The van der Waals surface area contributed by atoms with Gasteiger partial charge in [0.1, 0.15) is 0 Å². The fourth-order valence-electron chi connectivity index (χ4n) is 13.9. The molecule has 0 atom stereocenters. The van der Waals surface area contributed by atoms with Gasteiger partial charge in [-0.15, -0.1) is 0 Å². The summed E-state index contributed by atoms with van der Waals surface area (Å²) in [6.45, 7) is 0. The van der Waals surface area contributed by atoms with Gasteiger partial charge in [0.25, 0.3) is 0 Å². The zero-order chi connectivity index (χ0) is 49.6. The van der Waals surface area contributed by atoms with E-state index in [0.29, 0.717) is 0 Å². The summed E-state index contributed by atoms with van der Waals surface area (Å²) in [5, 5.41) is 12.3. The molecule has 76 heavy (non-hydrogen) atoms. The van der Waals surface area contributed by atoms with Crippen LogP contribution in [0.1, 0.15) is 22.3 Å². The summed E-state index contributed by atoms with van der Waals surface area (Å²) in [6, 6.07) is 102. The van der Waals surface area contributed by atoms with Crippen LogP contribution in [-0.4, -0.2) is 9.13 Å². The third kappa shape index (κ3) is 5.61. The van der Waals surface area contributed by atoms with Crippen molar-refractivity contribution in [3.63, 3.8) is 0 Å². The fourth-order valence-corrected chi connectivity index (χ4v) is 13.9. The topological polar surface area (TPSA) is 13.1 Å². The number of nitrogens with zero attached hydrogens (tertiary/aromatic N) is 3. The van der Waals surface area contributed by atoms with Crippen molar-refractivity contribution >= 4 is 93.0 Å². The van der Waals surface area contributed by atoms with Crippen molar-refractivity contribution in [1.29, 1.82) is 0 Å². The van der Waals surface area contributed by atoms with Crippen LogP contribution in [-0.2, 0) is 5.41 Å². The van der Waals surface area contributed by atoms with Crippen molar-refractivity contribution in [3.05, 3.63) is 295 Å². The number of aromatic nitrogens is 2. The highest BCUT2D eigenvalue weighted by molar-refractivity contribution is 6.23. The highest BCUT2D eigenvalue weighted by atomic mass is 15.2. The number of anilines is 3. The van der Waals surface area contributed by atoms with Gasteiger partial charge < -0.3 is 14.0 Å². The second-order valence-corrected chi connectivity index (χ2v) is 20.8. The first-order valence-electron chi connectivity index (χ1n) is 26.4. The van der Waals surface area contributed by atoms with Crippen molar-refractivity contribution in [3.8, 4) is 33.6 Å². The number of benzene rings is 13. The smallest absolute Gasteiger partial charge is 0.0726 e. The number of hydrogen-bond donors (Lipinski definition) is 0. The maximum absolute atomic E-state index is 2.53. The molecule has 0 fully saturated rings. The van der Waals surface area contributed by atoms with Gasteiger partial charge in [0.15, 0.2) is 0 Å². The van der Waals surface area contributed by atoms with Crippen LogP contribution in [0, 0.1) is 0 Å². The molecule has 1 spiro atoms. The number of para-hydroxylation sites is 2. The summed E-state index contributed by atoms with van der Waals surface area (Å²) in [5.41, 5.74) is 20.0. The first-order valence-corrected chi connectivity index (χ1v) is 26.4. The molecular weight excluding hydrogens is 919 g/mol. The Balaban J connectivity index is 1.00. The van der Waals surface area contributed by atoms with Gasteiger partial charge in [0, 0.05) is 32.9 Å². The molecule has 13 aromatic carbocycles. The molecule has 2 aromatic heterocycles. The molecule has 15 aromatic rings. The van der Waals surface area contributed by atoms with E-state index in [-0.39, 0.29) is 0 Å². The van der Waals surface area contributed by atoms with Crippen LogP contribution in [0.15, 0.2) is 273 Å². The molecule has 352 valence electrons. The van der Waals surface area contributed by atoms with Crippen LogP contribution < -0.4 is 4.90 Å². The molecular formula is C73H45N3. The molecule has 0 N–H and O–H groups in total. The maximum atomic E-state index is 2.53. The Bertz CT molecular complexity index is 4850. The Morgan fingerprint density at radius 3 is 1.36 bits per heavy atom. The Morgan fingerprint density at radius 1 is 0.250 bits per heavy atom. The van der Waals surface area contributed by atoms with Gasteiger partial charge in [-0.2, -0.15) is 0 Å². The van der Waals surface area contributed by atoms with Crippen LogP contribution in [0.25, 0.3) is 110 Å². The average molecular weight is 964 g/mol. The summed E-state index contributed by atoms with van der Waals surface area (Å²) >= 11 is 0. The molecule has 2 aliphatic carbocycles. The Morgan fingerprint density at radius 2 is 0.711 bits per heavy atom. The van der Waals surface area contributed by atoms with E-state index in [0.717, 1.165) is 28.4 Å². The minimum absolute atomic E-state index is 0.505. The van der Waals surface area contributed by atoms with E-state index in [1.54, 1.807) is 0 Å². The molecule has 17 rings (SSSR count). The zero-order valence-corrected chi connectivity index (χ0v) is 41.3. The lowest BCUT2D eigenvalue weighted by Crippen LogP contribution is -2.26. The quantitative estimate of drug-likeness (QED) is 0.168. The highest BCUT2D eigenvalue weighted by Gasteiger charge is 2.51. The van der Waals surface area contributed by atoms with E-state index >= 15 is 0 Å². The lowest BCUT2D eigenvalue weighted by atomic mass is 9.70. The molecule has 2 aliphatic rings. The summed E-state index contributed by atoms with van der Waals surface area (Å²) in [5.74, 6) is 0. The largest absolute Gasteiger partial charge is 0.310 e. The maximum Gasteiger partial charge on any atom is 0.0726 e. The van der Waals surface area contributed by atoms with Gasteiger partial charge in [-0.3, -0.25) is 0 Å². The predicted molar refractivity (Wildman–Crippen MR) is 319 cm³/mol. The third-order valence-corrected chi connectivity index (χ3v) is 17.0. The van der Waals surface area contributed by atoms with Gasteiger partial charge in [0.05, 0.1) is 44.5 Å². The molecule has 0 bridgehead atoms. The van der Waals surface area contributed by atoms with E-state index < -0.39 is 5.41 Å². The Labute approximate surface area is 439 Å². The molecule has 3 heteroatoms. The summed E-state index contributed by atoms with van der Waals surface area (Å²) in [6.07, 6.45) is 0. The molecule has 0 radical (unpaired) electrons. The van der Waals surface area contributed by atoms with Crippen molar-refractivity contribution in [2.45, 2.75) is 5.41 Å². The zero-order valence-electron chi connectivity index (χ0n) is 41.3. The van der Waals surface area contributed by atoms with Crippen LogP contribution in [0.3, 0.4) is 0 Å². The minimum Gasteiger partial charge on any atom is -0.310 e. The third-order valence-electron chi connectivity index (χ3n) is 17.0.